The molecule has 1 atom stereocenters. The molecule has 0 saturated carbocycles. The van der Waals surface area contributed by atoms with E-state index < -0.39 is 0 Å². The molecule has 0 spiro atoms. The second-order valence-corrected chi connectivity index (χ2v) is 7.13. The minimum Gasteiger partial charge on any atom is -0.349 e. The van der Waals surface area contributed by atoms with Gasteiger partial charge in [0.05, 0.1) is 0 Å². The summed E-state index contributed by atoms with van der Waals surface area (Å²) in [4.78, 5) is 14.8. The molecule has 0 aliphatic carbocycles. The fourth-order valence-corrected chi connectivity index (χ4v) is 3.64. The Bertz CT molecular complexity index is 488. The highest BCUT2D eigenvalue weighted by atomic mass is 16.1. The van der Waals surface area contributed by atoms with Gasteiger partial charge in [0.25, 0.3) is 5.91 Å². The molecule has 0 aromatic heterocycles. The number of hydrogen-bond acceptors (Lipinski definition) is 3. The highest BCUT2D eigenvalue weighted by Crippen LogP contribution is 2.27. The van der Waals surface area contributed by atoms with Crippen LogP contribution in [0.4, 0.5) is 0 Å². The molecular formula is C18H27N3O. The van der Waals surface area contributed by atoms with Crippen LogP contribution in [0.2, 0.25) is 0 Å². The first-order chi connectivity index (χ1) is 10.6. The lowest BCUT2D eigenvalue weighted by Gasteiger charge is -2.37. The van der Waals surface area contributed by atoms with E-state index in [4.69, 9.17) is 0 Å². The van der Waals surface area contributed by atoms with Gasteiger partial charge in [-0.1, -0.05) is 25.1 Å². The predicted octanol–water partition coefficient (Wildman–Crippen LogP) is 1.88. The standard InChI is InChI=1S/C18H27N3O/c1-18(9-10-19-13-18)14-21-11-7-16(8-12-21)20-17(22)15-5-3-2-4-6-15/h2-6,16,19H,7-14H2,1H3,(H,20,22). The monoisotopic (exact) mass is 301 g/mol. The largest absolute Gasteiger partial charge is 0.349 e. The summed E-state index contributed by atoms with van der Waals surface area (Å²) in [6.07, 6.45) is 3.39. The van der Waals surface area contributed by atoms with Crippen molar-refractivity contribution in [3.8, 4) is 0 Å². The van der Waals surface area contributed by atoms with Crippen molar-refractivity contribution >= 4 is 5.91 Å². The maximum absolute atomic E-state index is 12.2. The Kier molecular flexibility index (Phi) is 4.79. The molecule has 4 heteroatoms. The number of nitrogens with one attached hydrogen (secondary N) is 2. The second kappa shape index (κ2) is 6.80. The van der Waals surface area contributed by atoms with Crippen molar-refractivity contribution in [2.24, 2.45) is 5.41 Å². The molecule has 1 aromatic rings. The SMILES string of the molecule is CC1(CN2CCC(NC(=O)c3ccccc3)CC2)CCNC1. The lowest BCUT2D eigenvalue weighted by Crippen LogP contribution is -2.47. The smallest absolute Gasteiger partial charge is 0.251 e. The van der Waals surface area contributed by atoms with Gasteiger partial charge in [0.15, 0.2) is 0 Å². The number of piperidine rings is 1. The highest BCUT2D eigenvalue weighted by molar-refractivity contribution is 5.94. The summed E-state index contributed by atoms with van der Waals surface area (Å²) in [5, 5.41) is 6.65. The number of benzene rings is 1. The van der Waals surface area contributed by atoms with Crippen molar-refractivity contribution < 1.29 is 4.79 Å². The van der Waals surface area contributed by atoms with E-state index in [-0.39, 0.29) is 5.91 Å². The summed E-state index contributed by atoms with van der Waals surface area (Å²) in [7, 11) is 0. The number of nitrogens with zero attached hydrogens (tertiary/aromatic N) is 1. The number of hydrogen-bond donors (Lipinski definition) is 2. The Balaban J connectivity index is 1.45. The van der Waals surface area contributed by atoms with Gasteiger partial charge in [-0.25, -0.2) is 0 Å². The van der Waals surface area contributed by atoms with Crippen molar-refractivity contribution in [3.63, 3.8) is 0 Å². The molecule has 2 N–H and O–H groups in total. The molecule has 2 aliphatic heterocycles. The molecule has 3 rings (SSSR count). The summed E-state index contributed by atoms with van der Waals surface area (Å²) in [6, 6.07) is 9.82. The third-order valence-corrected chi connectivity index (χ3v) is 5.02. The zero-order chi connectivity index (χ0) is 15.4. The first-order valence-corrected chi connectivity index (χ1v) is 8.44. The van der Waals surface area contributed by atoms with Crippen LogP contribution in [0.1, 0.15) is 36.5 Å². The molecule has 2 saturated heterocycles. The van der Waals surface area contributed by atoms with Crippen molar-refractivity contribution in [2.75, 3.05) is 32.7 Å². The molecule has 0 radical (unpaired) electrons. The van der Waals surface area contributed by atoms with Gasteiger partial charge in [-0.05, 0) is 43.4 Å². The Labute approximate surface area is 133 Å². The first kappa shape index (κ1) is 15.5. The van der Waals surface area contributed by atoms with Crippen LogP contribution < -0.4 is 10.6 Å². The fraction of sp³-hybridized carbons (Fsp3) is 0.611. The topological polar surface area (TPSA) is 44.4 Å². The molecule has 1 aromatic carbocycles. The van der Waals surface area contributed by atoms with E-state index in [1.807, 2.05) is 30.3 Å². The molecule has 2 heterocycles. The van der Waals surface area contributed by atoms with E-state index in [0.717, 1.165) is 44.6 Å². The van der Waals surface area contributed by atoms with Gasteiger partial charge in [0.1, 0.15) is 0 Å². The number of carbonyl (C=O) groups excluding carboxylic acids is 1. The number of amides is 1. The van der Waals surface area contributed by atoms with E-state index in [9.17, 15) is 4.79 Å². The first-order valence-electron chi connectivity index (χ1n) is 8.44. The van der Waals surface area contributed by atoms with Crippen LogP contribution in [0.3, 0.4) is 0 Å². The van der Waals surface area contributed by atoms with Gasteiger partial charge in [-0.2, -0.15) is 0 Å². The van der Waals surface area contributed by atoms with Crippen LogP contribution in [0.5, 0.6) is 0 Å². The van der Waals surface area contributed by atoms with E-state index in [2.05, 4.69) is 22.5 Å². The number of carbonyl (C=O) groups is 1. The summed E-state index contributed by atoms with van der Waals surface area (Å²) in [5.74, 6) is 0.0611. The molecule has 120 valence electrons. The molecular weight excluding hydrogens is 274 g/mol. The van der Waals surface area contributed by atoms with Crippen LogP contribution in [0, 0.1) is 5.41 Å². The van der Waals surface area contributed by atoms with E-state index in [1.54, 1.807) is 0 Å². The van der Waals surface area contributed by atoms with E-state index in [1.165, 1.54) is 13.0 Å². The zero-order valence-electron chi connectivity index (χ0n) is 13.5. The number of rotatable bonds is 4. The highest BCUT2D eigenvalue weighted by Gasteiger charge is 2.32. The lowest BCUT2D eigenvalue weighted by atomic mass is 9.88. The van der Waals surface area contributed by atoms with Gasteiger partial charge >= 0.3 is 0 Å². The minimum absolute atomic E-state index is 0.0611. The maximum Gasteiger partial charge on any atom is 0.251 e. The molecule has 1 amide bonds. The lowest BCUT2D eigenvalue weighted by molar-refractivity contribution is 0.0891. The second-order valence-electron chi connectivity index (χ2n) is 7.13. The molecule has 2 aliphatic rings. The summed E-state index contributed by atoms with van der Waals surface area (Å²) in [5.41, 5.74) is 1.19. The number of likely N-dealkylation sites (tertiary alicyclic amines) is 1. The van der Waals surface area contributed by atoms with Gasteiger partial charge in [0.2, 0.25) is 0 Å². The molecule has 1 unspecified atom stereocenters. The average molecular weight is 301 g/mol. The predicted molar refractivity (Wildman–Crippen MR) is 89.0 cm³/mol. The Morgan fingerprint density at radius 1 is 1.32 bits per heavy atom. The Morgan fingerprint density at radius 2 is 2.05 bits per heavy atom. The van der Waals surface area contributed by atoms with Crippen molar-refractivity contribution in [3.05, 3.63) is 35.9 Å². The van der Waals surface area contributed by atoms with Gasteiger partial charge in [-0.3, -0.25) is 4.79 Å². The van der Waals surface area contributed by atoms with Crippen LogP contribution in [-0.2, 0) is 0 Å². The quantitative estimate of drug-likeness (QED) is 0.892. The third-order valence-electron chi connectivity index (χ3n) is 5.02. The van der Waals surface area contributed by atoms with Gasteiger partial charge in [-0.15, -0.1) is 0 Å². The minimum atomic E-state index is 0.0611. The van der Waals surface area contributed by atoms with Crippen LogP contribution in [-0.4, -0.2) is 49.6 Å². The zero-order valence-corrected chi connectivity index (χ0v) is 13.5. The summed E-state index contributed by atoms with van der Waals surface area (Å²) >= 11 is 0. The third kappa shape index (κ3) is 3.87. The van der Waals surface area contributed by atoms with Gasteiger partial charge < -0.3 is 15.5 Å². The fourth-order valence-electron chi connectivity index (χ4n) is 3.64. The molecule has 4 nitrogen and oxygen atoms in total. The van der Waals surface area contributed by atoms with Crippen molar-refractivity contribution in [1.82, 2.24) is 15.5 Å². The van der Waals surface area contributed by atoms with Gasteiger partial charge in [0, 0.05) is 37.8 Å². The Morgan fingerprint density at radius 3 is 2.68 bits per heavy atom. The van der Waals surface area contributed by atoms with E-state index >= 15 is 0 Å². The van der Waals surface area contributed by atoms with E-state index in [0.29, 0.717) is 11.5 Å². The van der Waals surface area contributed by atoms with Crippen LogP contribution in [0.25, 0.3) is 0 Å². The maximum atomic E-state index is 12.2. The average Bonchev–Trinajstić information content (AvgIpc) is 2.96. The Hall–Kier alpha value is -1.39. The van der Waals surface area contributed by atoms with Crippen molar-refractivity contribution in [1.29, 1.82) is 0 Å². The normalized spacial score (nSPS) is 27.0. The van der Waals surface area contributed by atoms with Crippen molar-refractivity contribution in [2.45, 2.75) is 32.2 Å². The van der Waals surface area contributed by atoms with Crippen LogP contribution in [0.15, 0.2) is 30.3 Å². The summed E-state index contributed by atoms with van der Waals surface area (Å²) < 4.78 is 0. The molecule has 0 bridgehead atoms. The molecule has 22 heavy (non-hydrogen) atoms. The van der Waals surface area contributed by atoms with Crippen LogP contribution >= 0.6 is 0 Å². The molecule has 2 fully saturated rings. The summed E-state index contributed by atoms with van der Waals surface area (Å²) in [6.45, 7) is 8.04.